The van der Waals surface area contributed by atoms with Crippen LogP contribution in [0.1, 0.15) is 25.0 Å². The molecule has 0 aliphatic heterocycles. The van der Waals surface area contributed by atoms with Crippen LogP contribution >= 0.6 is 0 Å². The van der Waals surface area contributed by atoms with E-state index in [1.807, 2.05) is 0 Å². The predicted octanol–water partition coefficient (Wildman–Crippen LogP) is 2.11. The molecule has 0 heterocycles. The molecule has 0 spiro atoms. The van der Waals surface area contributed by atoms with Gasteiger partial charge >= 0.3 is 0 Å². The third-order valence-corrected chi connectivity index (χ3v) is 2.32. The van der Waals surface area contributed by atoms with E-state index >= 15 is 0 Å². The van der Waals surface area contributed by atoms with Crippen molar-refractivity contribution in [1.29, 1.82) is 0 Å². The molecule has 2 nitrogen and oxygen atoms in total. The summed E-state index contributed by atoms with van der Waals surface area (Å²) in [7, 11) is 0. The SMILES string of the molecule is Cc1cc(O)c(F)c(C(C)(C)CO)c1. The van der Waals surface area contributed by atoms with Crippen LogP contribution in [0.25, 0.3) is 0 Å². The Morgan fingerprint density at radius 1 is 1.36 bits per heavy atom. The zero-order valence-corrected chi connectivity index (χ0v) is 8.63. The molecule has 0 aromatic heterocycles. The molecule has 0 amide bonds. The van der Waals surface area contributed by atoms with Crippen molar-refractivity contribution in [1.82, 2.24) is 0 Å². The van der Waals surface area contributed by atoms with Crippen molar-refractivity contribution in [3.8, 4) is 5.75 Å². The van der Waals surface area contributed by atoms with Crippen LogP contribution in [0.3, 0.4) is 0 Å². The Labute approximate surface area is 83.0 Å². The highest BCUT2D eigenvalue weighted by atomic mass is 19.1. The van der Waals surface area contributed by atoms with Crippen LogP contribution in [0.4, 0.5) is 4.39 Å². The second kappa shape index (κ2) is 3.58. The second-order valence-electron chi connectivity index (χ2n) is 4.19. The highest BCUT2D eigenvalue weighted by molar-refractivity contribution is 5.38. The molecule has 2 N–H and O–H groups in total. The average Bonchev–Trinajstić information content (AvgIpc) is 2.11. The maximum atomic E-state index is 13.5. The molecule has 0 aliphatic carbocycles. The van der Waals surface area contributed by atoms with Gasteiger partial charge in [-0.25, -0.2) is 4.39 Å². The van der Waals surface area contributed by atoms with Gasteiger partial charge in [0.15, 0.2) is 11.6 Å². The number of hydrogen-bond acceptors (Lipinski definition) is 2. The maximum Gasteiger partial charge on any atom is 0.168 e. The molecule has 0 fully saturated rings. The summed E-state index contributed by atoms with van der Waals surface area (Å²) in [5, 5.41) is 18.4. The minimum atomic E-state index is -0.673. The lowest BCUT2D eigenvalue weighted by Crippen LogP contribution is -2.23. The van der Waals surface area contributed by atoms with E-state index in [1.165, 1.54) is 6.07 Å². The Morgan fingerprint density at radius 2 is 1.93 bits per heavy atom. The summed E-state index contributed by atoms with van der Waals surface area (Å²) in [4.78, 5) is 0. The van der Waals surface area contributed by atoms with E-state index in [-0.39, 0.29) is 12.4 Å². The smallest absolute Gasteiger partial charge is 0.168 e. The molecule has 0 atom stereocenters. The lowest BCUT2D eigenvalue weighted by molar-refractivity contribution is 0.214. The largest absolute Gasteiger partial charge is 0.505 e. The van der Waals surface area contributed by atoms with E-state index < -0.39 is 11.2 Å². The number of phenolic OH excluding ortho intramolecular Hbond substituents is 1. The van der Waals surface area contributed by atoms with Crippen LogP contribution in [-0.4, -0.2) is 16.8 Å². The standard InChI is InChI=1S/C11H15FO2/c1-7-4-8(11(2,3)6-13)10(12)9(14)5-7/h4-5,13-14H,6H2,1-3H3. The zero-order chi connectivity index (χ0) is 10.9. The van der Waals surface area contributed by atoms with E-state index in [0.29, 0.717) is 5.56 Å². The minimum absolute atomic E-state index is 0.160. The maximum absolute atomic E-state index is 13.5. The monoisotopic (exact) mass is 198 g/mol. The van der Waals surface area contributed by atoms with Crippen LogP contribution in [-0.2, 0) is 5.41 Å². The van der Waals surface area contributed by atoms with E-state index in [9.17, 15) is 9.50 Å². The van der Waals surface area contributed by atoms with Crippen molar-refractivity contribution < 1.29 is 14.6 Å². The molecule has 0 unspecified atom stereocenters. The number of halogens is 1. The van der Waals surface area contributed by atoms with Gasteiger partial charge in [-0.05, 0) is 24.1 Å². The summed E-state index contributed by atoms with van der Waals surface area (Å²) < 4.78 is 13.5. The fourth-order valence-electron chi connectivity index (χ4n) is 1.33. The molecule has 0 saturated heterocycles. The molecular weight excluding hydrogens is 183 g/mol. The normalized spacial score (nSPS) is 11.8. The van der Waals surface area contributed by atoms with Crippen LogP contribution < -0.4 is 0 Å². The first-order valence-electron chi connectivity index (χ1n) is 4.49. The Morgan fingerprint density at radius 3 is 2.43 bits per heavy atom. The number of aryl methyl sites for hydroxylation is 1. The van der Waals surface area contributed by atoms with Gasteiger partial charge in [0.05, 0.1) is 6.61 Å². The number of hydrogen-bond donors (Lipinski definition) is 2. The Bertz CT molecular complexity index is 345. The molecule has 0 radical (unpaired) electrons. The Balaban J connectivity index is 3.34. The summed E-state index contributed by atoms with van der Waals surface area (Å²) in [6.45, 7) is 5.07. The van der Waals surface area contributed by atoms with Crippen LogP contribution in [0.15, 0.2) is 12.1 Å². The topological polar surface area (TPSA) is 40.5 Å². The van der Waals surface area contributed by atoms with Gasteiger partial charge in [0.2, 0.25) is 0 Å². The Kier molecular flexibility index (Phi) is 2.81. The van der Waals surface area contributed by atoms with Gasteiger partial charge in [-0.1, -0.05) is 19.9 Å². The highest BCUT2D eigenvalue weighted by Crippen LogP contribution is 2.30. The molecule has 0 aliphatic rings. The molecule has 14 heavy (non-hydrogen) atoms. The molecule has 0 saturated carbocycles. The number of aromatic hydroxyl groups is 1. The van der Waals surface area contributed by atoms with Crippen LogP contribution in [0.2, 0.25) is 0 Å². The molecule has 1 aromatic rings. The molecule has 1 rings (SSSR count). The lowest BCUT2D eigenvalue weighted by Gasteiger charge is -2.23. The fraction of sp³-hybridized carbons (Fsp3) is 0.455. The second-order valence-corrected chi connectivity index (χ2v) is 4.19. The summed E-state index contributed by atoms with van der Waals surface area (Å²) in [6.07, 6.45) is 0. The van der Waals surface area contributed by atoms with Gasteiger partial charge in [0.25, 0.3) is 0 Å². The van der Waals surface area contributed by atoms with E-state index in [2.05, 4.69) is 0 Å². The van der Waals surface area contributed by atoms with E-state index in [4.69, 9.17) is 5.11 Å². The summed E-state index contributed by atoms with van der Waals surface area (Å²) >= 11 is 0. The minimum Gasteiger partial charge on any atom is -0.505 e. The summed E-state index contributed by atoms with van der Waals surface area (Å²) in [6, 6.07) is 3.01. The number of phenols is 1. The summed E-state index contributed by atoms with van der Waals surface area (Å²) in [5.74, 6) is -1.00. The Hall–Kier alpha value is -1.09. The number of benzene rings is 1. The van der Waals surface area contributed by atoms with Gasteiger partial charge < -0.3 is 10.2 Å². The molecule has 0 bridgehead atoms. The first-order chi connectivity index (χ1) is 6.38. The van der Waals surface area contributed by atoms with Crippen molar-refractivity contribution in [2.75, 3.05) is 6.61 Å². The van der Waals surface area contributed by atoms with Gasteiger partial charge in [0.1, 0.15) is 0 Å². The first-order valence-corrected chi connectivity index (χ1v) is 4.49. The first kappa shape index (κ1) is 11.0. The zero-order valence-electron chi connectivity index (χ0n) is 8.63. The van der Waals surface area contributed by atoms with Crippen molar-refractivity contribution in [3.05, 3.63) is 29.1 Å². The van der Waals surface area contributed by atoms with Gasteiger partial charge in [0, 0.05) is 5.41 Å². The molecule has 78 valence electrons. The van der Waals surface area contributed by atoms with Crippen molar-refractivity contribution in [2.24, 2.45) is 0 Å². The van der Waals surface area contributed by atoms with E-state index in [0.717, 1.165) is 5.56 Å². The van der Waals surface area contributed by atoms with Crippen molar-refractivity contribution in [3.63, 3.8) is 0 Å². The highest BCUT2D eigenvalue weighted by Gasteiger charge is 2.25. The third-order valence-electron chi connectivity index (χ3n) is 2.32. The van der Waals surface area contributed by atoms with Gasteiger partial charge in [-0.2, -0.15) is 0 Å². The number of aliphatic hydroxyl groups excluding tert-OH is 1. The lowest BCUT2D eigenvalue weighted by atomic mass is 9.84. The molecular formula is C11H15FO2. The van der Waals surface area contributed by atoms with Crippen LogP contribution in [0.5, 0.6) is 5.75 Å². The van der Waals surface area contributed by atoms with E-state index in [1.54, 1.807) is 26.8 Å². The number of rotatable bonds is 2. The number of aliphatic hydroxyl groups is 1. The van der Waals surface area contributed by atoms with Crippen LogP contribution in [0, 0.1) is 12.7 Å². The van der Waals surface area contributed by atoms with Gasteiger partial charge in [-0.15, -0.1) is 0 Å². The van der Waals surface area contributed by atoms with Crippen molar-refractivity contribution >= 4 is 0 Å². The molecule has 3 heteroatoms. The average molecular weight is 198 g/mol. The third kappa shape index (κ3) is 1.87. The summed E-state index contributed by atoms with van der Waals surface area (Å²) in [5.41, 5.74) is 0.450. The predicted molar refractivity (Wildman–Crippen MR) is 52.9 cm³/mol. The van der Waals surface area contributed by atoms with Crippen molar-refractivity contribution in [2.45, 2.75) is 26.2 Å². The quantitative estimate of drug-likeness (QED) is 0.764. The van der Waals surface area contributed by atoms with Gasteiger partial charge in [-0.3, -0.25) is 0 Å². The molecule has 1 aromatic carbocycles. The fourth-order valence-corrected chi connectivity index (χ4v) is 1.33.